The number of halogens is 2. The van der Waals surface area contributed by atoms with Crippen molar-refractivity contribution in [2.45, 2.75) is 65.2 Å². The molecule has 4 heterocycles. The summed E-state index contributed by atoms with van der Waals surface area (Å²) in [5.74, 6) is -0.179. The first-order valence-corrected chi connectivity index (χ1v) is 15.4. The number of rotatable bonds is 8. The molecule has 8 heteroatoms. The van der Waals surface area contributed by atoms with E-state index in [4.69, 9.17) is 0 Å². The van der Waals surface area contributed by atoms with Crippen LogP contribution >= 0.6 is 0 Å². The van der Waals surface area contributed by atoms with Crippen LogP contribution in [-0.2, 0) is 0 Å². The van der Waals surface area contributed by atoms with Crippen LogP contribution in [0.3, 0.4) is 0 Å². The molecular weight excluding hydrogens is 534 g/mol. The molecule has 4 aromatic rings. The maximum atomic E-state index is 13.3. The molecule has 0 aliphatic carbocycles. The van der Waals surface area contributed by atoms with Gasteiger partial charge in [-0.15, -0.1) is 0 Å². The zero-order valence-corrected chi connectivity index (χ0v) is 24.7. The monoisotopic (exact) mass is 576 g/mol. The molecular formula is C34H42F2N4O2. The Kier molecular flexibility index (Phi) is 9.23. The van der Waals surface area contributed by atoms with Crippen LogP contribution in [0.5, 0.6) is 0 Å². The fourth-order valence-corrected chi connectivity index (χ4v) is 6.97. The molecule has 2 saturated heterocycles. The van der Waals surface area contributed by atoms with Crippen LogP contribution < -0.4 is 10.6 Å². The van der Waals surface area contributed by atoms with E-state index in [1.807, 2.05) is 0 Å². The quantitative estimate of drug-likeness (QED) is 0.166. The van der Waals surface area contributed by atoms with Gasteiger partial charge in [-0.05, 0) is 113 Å². The molecule has 0 unspecified atom stereocenters. The molecule has 42 heavy (non-hydrogen) atoms. The number of aromatic nitrogens is 2. The van der Waals surface area contributed by atoms with Gasteiger partial charge in [-0.1, -0.05) is 26.7 Å². The zero-order valence-electron chi connectivity index (χ0n) is 24.7. The lowest BCUT2D eigenvalue weighted by atomic mass is 9.71. The van der Waals surface area contributed by atoms with Crippen LogP contribution in [0.2, 0.25) is 0 Å². The predicted molar refractivity (Wildman–Crippen MR) is 164 cm³/mol. The van der Waals surface area contributed by atoms with E-state index in [0.717, 1.165) is 99.4 Å². The molecule has 0 saturated carbocycles. The number of fused-ring (bicyclic) bond motifs is 2. The van der Waals surface area contributed by atoms with Crippen LogP contribution in [0.25, 0.3) is 21.8 Å². The highest BCUT2D eigenvalue weighted by atomic mass is 19.1. The Balaban J connectivity index is 0.000000168. The number of ketones is 2. The van der Waals surface area contributed by atoms with Gasteiger partial charge in [0, 0.05) is 32.6 Å². The van der Waals surface area contributed by atoms with Gasteiger partial charge in [0.1, 0.15) is 11.6 Å². The fourth-order valence-electron chi connectivity index (χ4n) is 6.97. The van der Waals surface area contributed by atoms with Crippen molar-refractivity contribution in [2.24, 2.45) is 10.8 Å². The lowest BCUT2D eigenvalue weighted by Crippen LogP contribution is -2.42. The lowest BCUT2D eigenvalue weighted by Gasteiger charge is -2.35. The van der Waals surface area contributed by atoms with Gasteiger partial charge in [0.2, 0.25) is 0 Å². The van der Waals surface area contributed by atoms with Crippen LogP contribution in [0.4, 0.5) is 8.78 Å². The minimum absolute atomic E-state index is 0.183. The van der Waals surface area contributed by atoms with Crippen LogP contribution in [0.1, 0.15) is 86.2 Å². The first kappa shape index (κ1) is 30.1. The number of hydrogen-bond acceptors (Lipinski definition) is 4. The second-order valence-corrected chi connectivity index (χ2v) is 12.0. The van der Waals surface area contributed by atoms with Crippen molar-refractivity contribution in [3.63, 3.8) is 0 Å². The highest BCUT2D eigenvalue weighted by Gasteiger charge is 2.40. The Morgan fingerprint density at radius 1 is 0.643 bits per heavy atom. The number of H-pyrrole nitrogens is 2. The summed E-state index contributed by atoms with van der Waals surface area (Å²) in [7, 11) is 0. The van der Waals surface area contributed by atoms with Crippen LogP contribution in [-0.4, -0.2) is 47.7 Å². The zero-order chi connectivity index (χ0) is 29.7. The molecule has 0 atom stereocenters. The fraction of sp³-hybridized carbons (Fsp3) is 0.471. The minimum atomic E-state index is -0.273. The normalized spacial score (nSPS) is 18.0. The second-order valence-electron chi connectivity index (χ2n) is 12.0. The third kappa shape index (κ3) is 6.20. The number of hydrogen-bond donors (Lipinski definition) is 4. The summed E-state index contributed by atoms with van der Waals surface area (Å²) in [4.78, 5) is 32.4. The smallest absolute Gasteiger partial charge is 0.185 e. The topological polar surface area (TPSA) is 89.8 Å². The molecule has 2 aromatic carbocycles. The minimum Gasteiger partial charge on any atom is -0.352 e. The summed E-state index contributed by atoms with van der Waals surface area (Å²) in [6, 6.07) is 12.7. The summed E-state index contributed by atoms with van der Waals surface area (Å²) in [6.45, 7) is 7.80. The van der Waals surface area contributed by atoms with E-state index in [1.165, 1.54) is 24.3 Å². The van der Waals surface area contributed by atoms with Crippen molar-refractivity contribution < 1.29 is 18.4 Å². The number of carbonyl (C=O) groups excluding carboxylic acids is 2. The van der Waals surface area contributed by atoms with Gasteiger partial charge in [-0.25, -0.2) is 8.78 Å². The number of nitrogens with one attached hydrogen (secondary N) is 4. The molecule has 2 aliphatic heterocycles. The SMILES string of the molecule is CCCC1(C(=O)c2cc3cc(F)ccc3[nH]2)CCNCC1.CCCC1(C(=O)c2cc3cc(F)ccc3[nH]2)CCNCC1. The first-order chi connectivity index (χ1) is 20.3. The van der Waals surface area contributed by atoms with Gasteiger partial charge in [-0.2, -0.15) is 0 Å². The van der Waals surface area contributed by atoms with Crippen molar-refractivity contribution in [3.8, 4) is 0 Å². The van der Waals surface area contributed by atoms with Crippen LogP contribution in [0.15, 0.2) is 48.5 Å². The molecule has 4 N–H and O–H groups in total. The molecule has 0 spiro atoms. The van der Waals surface area contributed by atoms with Crippen molar-refractivity contribution in [1.82, 2.24) is 20.6 Å². The largest absolute Gasteiger partial charge is 0.352 e. The summed E-state index contributed by atoms with van der Waals surface area (Å²) >= 11 is 0. The highest BCUT2D eigenvalue weighted by molar-refractivity contribution is 6.03. The van der Waals surface area contributed by atoms with E-state index >= 15 is 0 Å². The molecule has 2 aromatic heterocycles. The maximum absolute atomic E-state index is 13.3. The number of benzene rings is 2. The number of carbonyl (C=O) groups is 2. The van der Waals surface area contributed by atoms with Crippen molar-refractivity contribution >= 4 is 33.4 Å². The number of piperidine rings is 2. The van der Waals surface area contributed by atoms with E-state index in [2.05, 4.69) is 34.4 Å². The summed E-state index contributed by atoms with van der Waals surface area (Å²) in [5.41, 5.74) is 2.34. The van der Waals surface area contributed by atoms with Crippen molar-refractivity contribution in [1.29, 1.82) is 0 Å². The number of aromatic amines is 2. The van der Waals surface area contributed by atoms with Gasteiger partial charge in [0.05, 0.1) is 11.4 Å². The Morgan fingerprint density at radius 2 is 1.02 bits per heavy atom. The molecule has 6 rings (SSSR count). The summed E-state index contributed by atoms with van der Waals surface area (Å²) in [6.07, 6.45) is 7.34. The molecule has 2 aliphatic rings. The molecule has 0 bridgehead atoms. The molecule has 0 amide bonds. The Hall–Kier alpha value is -3.36. The van der Waals surface area contributed by atoms with Gasteiger partial charge in [-0.3, -0.25) is 9.59 Å². The molecule has 224 valence electrons. The molecule has 6 nitrogen and oxygen atoms in total. The molecule has 2 fully saturated rings. The first-order valence-electron chi connectivity index (χ1n) is 15.4. The van der Waals surface area contributed by atoms with Gasteiger partial charge in [0.25, 0.3) is 0 Å². The average Bonchev–Trinajstić information content (AvgIpc) is 3.61. The standard InChI is InChI=1S/2C17H21FN2O/c2*1-2-5-17(6-8-19-9-7-17)16(21)15-11-12-10-13(18)3-4-14(12)20-15/h2*3-4,10-11,19-20H,2,5-9H2,1H3. The van der Waals surface area contributed by atoms with E-state index in [-0.39, 0.29) is 34.0 Å². The van der Waals surface area contributed by atoms with Gasteiger partial charge >= 0.3 is 0 Å². The van der Waals surface area contributed by atoms with E-state index in [1.54, 1.807) is 24.3 Å². The van der Waals surface area contributed by atoms with E-state index in [0.29, 0.717) is 11.4 Å². The highest BCUT2D eigenvalue weighted by Crippen LogP contribution is 2.39. The average molecular weight is 577 g/mol. The summed E-state index contributed by atoms with van der Waals surface area (Å²) in [5, 5.41) is 8.18. The third-order valence-corrected chi connectivity index (χ3v) is 9.20. The Labute approximate surface area is 246 Å². The second kappa shape index (κ2) is 12.9. The van der Waals surface area contributed by atoms with Crippen molar-refractivity contribution in [3.05, 3.63) is 71.6 Å². The van der Waals surface area contributed by atoms with Crippen molar-refractivity contribution in [2.75, 3.05) is 26.2 Å². The van der Waals surface area contributed by atoms with Gasteiger partial charge in [0.15, 0.2) is 11.6 Å². The van der Waals surface area contributed by atoms with Crippen LogP contribution in [0, 0.1) is 22.5 Å². The van der Waals surface area contributed by atoms with E-state index < -0.39 is 0 Å². The maximum Gasteiger partial charge on any atom is 0.185 e. The predicted octanol–water partition coefficient (Wildman–Crippen LogP) is 7.32. The lowest BCUT2D eigenvalue weighted by molar-refractivity contribution is 0.0694. The summed E-state index contributed by atoms with van der Waals surface area (Å²) < 4.78 is 26.6. The Morgan fingerprint density at radius 3 is 1.38 bits per heavy atom. The molecule has 0 radical (unpaired) electrons. The number of Topliss-reactive ketones (excluding diaryl/α,β-unsaturated/α-hetero) is 2. The van der Waals surface area contributed by atoms with Gasteiger partial charge < -0.3 is 20.6 Å². The van der Waals surface area contributed by atoms with E-state index in [9.17, 15) is 18.4 Å². The Bertz CT molecular complexity index is 1420. The third-order valence-electron chi connectivity index (χ3n) is 9.20.